The van der Waals surface area contributed by atoms with Gasteiger partial charge in [0.05, 0.1) is 42.4 Å². The molecule has 1 aliphatic rings. The average molecular weight is 372 g/mol. The molecule has 1 aromatic heterocycles. The van der Waals surface area contributed by atoms with E-state index in [9.17, 15) is 5.26 Å². The summed E-state index contributed by atoms with van der Waals surface area (Å²) in [6.07, 6.45) is 9.19. The normalized spacial score (nSPS) is 14.3. The smallest absolute Gasteiger partial charge is 0.122 e. The molecule has 0 saturated heterocycles. The fourth-order valence-corrected chi connectivity index (χ4v) is 3.27. The van der Waals surface area contributed by atoms with E-state index in [2.05, 4.69) is 23.6 Å². The molecule has 0 saturated carbocycles. The third-order valence-corrected chi connectivity index (χ3v) is 4.72. The number of hydrogen-bond acceptors (Lipinski definition) is 5. The Morgan fingerprint density at radius 3 is 2.93 bits per heavy atom. The van der Waals surface area contributed by atoms with Crippen LogP contribution in [0.25, 0.3) is 5.70 Å². The van der Waals surface area contributed by atoms with Gasteiger partial charge >= 0.3 is 0 Å². The minimum absolute atomic E-state index is 0.585. The number of benzene rings is 1. The number of pyridine rings is 1. The summed E-state index contributed by atoms with van der Waals surface area (Å²) in [5.41, 5.74) is 11.4. The number of rotatable bonds is 5. The zero-order chi connectivity index (χ0) is 19.9. The summed E-state index contributed by atoms with van der Waals surface area (Å²) in [6.45, 7) is 5.20. The Kier molecular flexibility index (Phi) is 6.13. The van der Waals surface area contributed by atoms with Crippen LogP contribution in [0.2, 0.25) is 0 Å². The zero-order valence-corrected chi connectivity index (χ0v) is 16.1. The van der Waals surface area contributed by atoms with Crippen LogP contribution in [-0.2, 0) is 13.0 Å². The summed E-state index contributed by atoms with van der Waals surface area (Å²) in [5.74, 6) is 0.682. The van der Waals surface area contributed by atoms with Crippen LogP contribution in [0, 0.1) is 11.3 Å². The number of aryl methyl sites for hydroxylation is 1. The fraction of sp³-hybridized carbons (Fsp3) is 0.217. The first-order chi connectivity index (χ1) is 13.6. The van der Waals surface area contributed by atoms with Gasteiger partial charge in [0.15, 0.2) is 0 Å². The summed E-state index contributed by atoms with van der Waals surface area (Å²) in [7, 11) is 1.61. The van der Waals surface area contributed by atoms with Gasteiger partial charge in [-0.1, -0.05) is 30.9 Å². The first kappa shape index (κ1) is 19.2. The number of anilines is 1. The summed E-state index contributed by atoms with van der Waals surface area (Å²) < 4.78 is 5.36. The van der Waals surface area contributed by atoms with Gasteiger partial charge < -0.3 is 15.4 Å². The monoisotopic (exact) mass is 372 g/mol. The number of nitriles is 1. The molecule has 0 unspecified atom stereocenters. The molecule has 1 aliphatic heterocycles. The van der Waals surface area contributed by atoms with Gasteiger partial charge in [-0.15, -0.1) is 0 Å². The van der Waals surface area contributed by atoms with Gasteiger partial charge in [-0.3, -0.25) is 0 Å². The molecular formula is C23H24N4O. The molecule has 2 aromatic rings. The van der Waals surface area contributed by atoms with E-state index in [0.717, 1.165) is 36.5 Å². The van der Waals surface area contributed by atoms with Crippen LogP contribution in [-0.4, -0.2) is 18.6 Å². The van der Waals surface area contributed by atoms with E-state index >= 15 is 0 Å². The molecule has 3 rings (SSSR count). The molecule has 0 atom stereocenters. The summed E-state index contributed by atoms with van der Waals surface area (Å²) in [5, 5.41) is 9.31. The standard InChI is InChI=1S/C23H24N4O/c1-3-4-5-8-21(25)22-10-9-18-7-6-11-27(16-23(18)26-22)19-12-17(15-24)13-20(14-19)28-2/h3-5,8-10,12-14H,1,6-7,11,16,25H2,2H3/b5-4-,21-8-. The number of ether oxygens (including phenoxy) is 1. The van der Waals surface area contributed by atoms with Gasteiger partial charge in [0.1, 0.15) is 5.75 Å². The van der Waals surface area contributed by atoms with Gasteiger partial charge in [-0.05, 0) is 42.7 Å². The van der Waals surface area contributed by atoms with Crippen LogP contribution < -0.4 is 15.4 Å². The average Bonchev–Trinajstić information content (AvgIpc) is 2.95. The van der Waals surface area contributed by atoms with Crippen molar-refractivity contribution in [1.82, 2.24) is 4.98 Å². The van der Waals surface area contributed by atoms with Crippen LogP contribution in [0.4, 0.5) is 5.69 Å². The number of nitrogens with two attached hydrogens (primary N) is 1. The van der Waals surface area contributed by atoms with Crippen molar-refractivity contribution in [1.29, 1.82) is 5.26 Å². The topological polar surface area (TPSA) is 75.2 Å². The first-order valence-electron chi connectivity index (χ1n) is 9.22. The van der Waals surface area contributed by atoms with E-state index in [4.69, 9.17) is 15.5 Å². The highest BCUT2D eigenvalue weighted by molar-refractivity contribution is 5.62. The number of aromatic nitrogens is 1. The predicted molar refractivity (Wildman–Crippen MR) is 113 cm³/mol. The lowest BCUT2D eigenvalue weighted by Crippen LogP contribution is -2.23. The van der Waals surface area contributed by atoms with Crippen LogP contribution in [0.3, 0.4) is 0 Å². The maximum Gasteiger partial charge on any atom is 0.122 e. The van der Waals surface area contributed by atoms with Crippen molar-refractivity contribution in [2.24, 2.45) is 5.73 Å². The van der Waals surface area contributed by atoms with Crippen molar-refractivity contribution in [3.8, 4) is 11.8 Å². The van der Waals surface area contributed by atoms with Crippen molar-refractivity contribution in [3.05, 3.63) is 83.7 Å². The minimum Gasteiger partial charge on any atom is -0.497 e. The van der Waals surface area contributed by atoms with Gasteiger partial charge in [0.2, 0.25) is 0 Å². The number of hydrogen-bond donors (Lipinski definition) is 1. The lowest BCUT2D eigenvalue weighted by atomic mass is 10.1. The molecule has 5 heteroatoms. The van der Waals surface area contributed by atoms with Crippen molar-refractivity contribution in [3.63, 3.8) is 0 Å². The summed E-state index contributed by atoms with van der Waals surface area (Å²) >= 11 is 0. The summed E-state index contributed by atoms with van der Waals surface area (Å²) in [6, 6.07) is 11.9. The molecular weight excluding hydrogens is 348 g/mol. The second-order valence-electron chi connectivity index (χ2n) is 6.60. The third kappa shape index (κ3) is 4.41. The van der Waals surface area contributed by atoms with Crippen molar-refractivity contribution in [2.45, 2.75) is 19.4 Å². The number of fused-ring (bicyclic) bond motifs is 1. The molecule has 5 nitrogen and oxygen atoms in total. The summed E-state index contributed by atoms with van der Waals surface area (Å²) in [4.78, 5) is 7.06. The van der Waals surface area contributed by atoms with E-state index in [1.54, 1.807) is 19.3 Å². The molecule has 142 valence electrons. The number of allylic oxidation sites excluding steroid dienone is 4. The molecule has 2 heterocycles. The Bertz CT molecular complexity index is 969. The van der Waals surface area contributed by atoms with E-state index in [1.165, 1.54) is 5.56 Å². The van der Waals surface area contributed by atoms with Gasteiger partial charge in [0.25, 0.3) is 0 Å². The highest BCUT2D eigenvalue weighted by Gasteiger charge is 2.18. The Labute approximate surface area is 166 Å². The SMILES string of the molecule is C=C/C=C\C=C(/N)c1ccc2c(n1)CN(c1cc(C#N)cc(OC)c1)CCC2. The predicted octanol–water partition coefficient (Wildman–Crippen LogP) is 3.96. The first-order valence-corrected chi connectivity index (χ1v) is 9.22. The van der Waals surface area contributed by atoms with Crippen molar-refractivity contribution in [2.75, 3.05) is 18.6 Å². The van der Waals surface area contributed by atoms with Gasteiger partial charge in [0, 0.05) is 18.3 Å². The maximum atomic E-state index is 9.31. The van der Waals surface area contributed by atoms with E-state index < -0.39 is 0 Å². The van der Waals surface area contributed by atoms with Crippen LogP contribution in [0.15, 0.2) is 61.2 Å². The molecule has 0 bridgehead atoms. The van der Waals surface area contributed by atoms with Gasteiger partial charge in [-0.25, -0.2) is 4.98 Å². The van der Waals surface area contributed by atoms with E-state index in [-0.39, 0.29) is 0 Å². The molecule has 0 radical (unpaired) electrons. The lowest BCUT2D eigenvalue weighted by molar-refractivity contribution is 0.414. The van der Waals surface area contributed by atoms with Crippen molar-refractivity contribution >= 4 is 11.4 Å². The third-order valence-electron chi connectivity index (χ3n) is 4.72. The highest BCUT2D eigenvalue weighted by Crippen LogP contribution is 2.28. The fourth-order valence-electron chi connectivity index (χ4n) is 3.27. The number of methoxy groups -OCH3 is 1. The van der Waals surface area contributed by atoms with E-state index in [1.807, 2.05) is 36.4 Å². The molecule has 0 fully saturated rings. The maximum absolute atomic E-state index is 9.31. The molecule has 2 N–H and O–H groups in total. The lowest BCUT2D eigenvalue weighted by Gasteiger charge is -2.23. The van der Waals surface area contributed by atoms with Crippen molar-refractivity contribution < 1.29 is 4.74 Å². The Hall–Kier alpha value is -3.52. The van der Waals surface area contributed by atoms with Crippen LogP contribution in [0.1, 0.15) is 28.9 Å². The van der Waals surface area contributed by atoms with Gasteiger partial charge in [-0.2, -0.15) is 5.26 Å². The molecule has 28 heavy (non-hydrogen) atoms. The Morgan fingerprint density at radius 2 is 2.18 bits per heavy atom. The quantitative estimate of drug-likeness (QED) is 0.804. The Morgan fingerprint density at radius 1 is 1.32 bits per heavy atom. The molecule has 0 amide bonds. The second kappa shape index (κ2) is 8.92. The number of nitrogens with zero attached hydrogens (tertiary/aromatic N) is 3. The zero-order valence-electron chi connectivity index (χ0n) is 16.1. The largest absolute Gasteiger partial charge is 0.497 e. The highest BCUT2D eigenvalue weighted by atomic mass is 16.5. The molecule has 0 spiro atoms. The minimum atomic E-state index is 0.585. The second-order valence-corrected chi connectivity index (χ2v) is 6.60. The van der Waals surface area contributed by atoms with Crippen LogP contribution in [0.5, 0.6) is 5.75 Å². The van der Waals surface area contributed by atoms with E-state index in [0.29, 0.717) is 23.6 Å². The molecule has 0 aliphatic carbocycles. The Balaban J connectivity index is 1.93. The molecule has 1 aromatic carbocycles. The van der Waals surface area contributed by atoms with Crippen LogP contribution >= 0.6 is 0 Å².